The average molecular weight is 311 g/mol. The Hall–Kier alpha value is -3.47. The molecule has 0 amide bonds. The van der Waals surface area contributed by atoms with Crippen molar-refractivity contribution in [2.24, 2.45) is 0 Å². The van der Waals surface area contributed by atoms with Crippen LogP contribution in [0.3, 0.4) is 0 Å². The summed E-state index contributed by atoms with van der Waals surface area (Å²) < 4.78 is 0. The Labute approximate surface area is 137 Å². The topological polar surface area (TPSA) is 70.2 Å². The van der Waals surface area contributed by atoms with Gasteiger partial charge in [0.2, 0.25) is 0 Å². The molecule has 0 atom stereocenters. The molecule has 2 N–H and O–H groups in total. The summed E-state index contributed by atoms with van der Waals surface area (Å²) in [6.45, 7) is 0. The lowest BCUT2D eigenvalue weighted by atomic mass is 10.2. The van der Waals surface area contributed by atoms with Crippen molar-refractivity contribution in [3.63, 3.8) is 0 Å². The third kappa shape index (κ3) is 2.06. The number of aromatic nitrogens is 5. The maximum atomic E-state index is 4.79. The van der Waals surface area contributed by atoms with E-state index in [4.69, 9.17) is 4.98 Å². The normalized spacial score (nSPS) is 11.3. The largest absolute Gasteiger partial charge is 0.338 e. The smallest absolute Gasteiger partial charge is 0.137 e. The summed E-state index contributed by atoms with van der Waals surface area (Å²) in [5.41, 5.74) is 5.43. The summed E-state index contributed by atoms with van der Waals surface area (Å²) in [4.78, 5) is 20.1. The predicted octanol–water partition coefficient (Wildman–Crippen LogP) is 4.17. The Morgan fingerprint density at radius 2 is 1.17 bits per heavy atom. The van der Waals surface area contributed by atoms with Gasteiger partial charge in [-0.2, -0.15) is 0 Å². The maximum absolute atomic E-state index is 4.79. The van der Waals surface area contributed by atoms with Crippen LogP contribution in [0.5, 0.6) is 0 Å². The first-order chi connectivity index (χ1) is 11.9. The molecule has 5 aromatic rings. The van der Waals surface area contributed by atoms with Crippen LogP contribution in [0.15, 0.2) is 67.0 Å². The van der Waals surface area contributed by atoms with Crippen LogP contribution in [0.25, 0.3) is 44.8 Å². The summed E-state index contributed by atoms with van der Waals surface area (Å²) in [6.07, 6.45) is 3.56. The fraction of sp³-hybridized carbons (Fsp3) is 0. The van der Waals surface area contributed by atoms with Crippen molar-refractivity contribution < 1.29 is 0 Å². The lowest BCUT2D eigenvalue weighted by Crippen LogP contribution is -1.88. The number of fused-ring (bicyclic) bond motifs is 2. The van der Waals surface area contributed by atoms with Crippen LogP contribution in [0, 0.1) is 0 Å². The zero-order chi connectivity index (χ0) is 15.9. The molecule has 0 saturated carbocycles. The molecule has 0 bridgehead atoms. The van der Waals surface area contributed by atoms with Crippen molar-refractivity contribution in [2.45, 2.75) is 0 Å². The zero-order valence-electron chi connectivity index (χ0n) is 12.7. The molecule has 0 aliphatic carbocycles. The van der Waals surface area contributed by atoms with Crippen LogP contribution in [-0.4, -0.2) is 24.9 Å². The number of rotatable bonds is 2. The number of H-pyrrole nitrogens is 2. The monoisotopic (exact) mass is 311 g/mol. The standard InChI is InChI=1S/C19H13N5/c1-6-14(16-10-12-4-2-8-20-18(12)23-16)22-15(7-1)17-11-13-5-3-9-21-19(13)24-17/h1-11H,(H,20,23)(H,21,24). The maximum Gasteiger partial charge on any atom is 0.137 e. The molecule has 0 saturated heterocycles. The van der Waals surface area contributed by atoms with Crippen molar-refractivity contribution >= 4 is 22.1 Å². The van der Waals surface area contributed by atoms with Gasteiger partial charge in [0.05, 0.1) is 22.8 Å². The molecular weight excluding hydrogens is 298 g/mol. The van der Waals surface area contributed by atoms with Crippen LogP contribution in [0.1, 0.15) is 0 Å². The van der Waals surface area contributed by atoms with Gasteiger partial charge in [0, 0.05) is 23.2 Å². The van der Waals surface area contributed by atoms with Crippen LogP contribution < -0.4 is 0 Å². The zero-order valence-corrected chi connectivity index (χ0v) is 12.7. The first kappa shape index (κ1) is 13.0. The quantitative estimate of drug-likeness (QED) is 0.514. The average Bonchev–Trinajstić information content (AvgIpc) is 3.26. The molecule has 5 heteroatoms. The van der Waals surface area contributed by atoms with E-state index in [1.165, 1.54) is 0 Å². The molecule has 0 fully saturated rings. The summed E-state index contributed by atoms with van der Waals surface area (Å²) >= 11 is 0. The molecule has 5 aromatic heterocycles. The highest BCUT2D eigenvalue weighted by Crippen LogP contribution is 2.26. The number of pyridine rings is 3. The van der Waals surface area contributed by atoms with E-state index in [0.717, 1.165) is 44.8 Å². The second-order valence-electron chi connectivity index (χ2n) is 5.66. The van der Waals surface area contributed by atoms with Gasteiger partial charge in [0.25, 0.3) is 0 Å². The van der Waals surface area contributed by atoms with Crippen molar-refractivity contribution in [2.75, 3.05) is 0 Å². The summed E-state index contributed by atoms with van der Waals surface area (Å²) in [5, 5.41) is 2.16. The molecule has 0 spiro atoms. The highest BCUT2D eigenvalue weighted by molar-refractivity contribution is 5.84. The van der Waals surface area contributed by atoms with E-state index in [2.05, 4.69) is 32.1 Å². The van der Waals surface area contributed by atoms with Gasteiger partial charge in [0.15, 0.2) is 0 Å². The van der Waals surface area contributed by atoms with Gasteiger partial charge >= 0.3 is 0 Å². The van der Waals surface area contributed by atoms with Gasteiger partial charge in [-0.15, -0.1) is 0 Å². The first-order valence-electron chi connectivity index (χ1n) is 7.72. The van der Waals surface area contributed by atoms with Gasteiger partial charge in [-0.25, -0.2) is 15.0 Å². The SMILES string of the molecule is c1cc(-c2cc3cccnc3[nH]2)nc(-c2cc3cccnc3[nH]2)c1. The molecule has 5 nitrogen and oxygen atoms in total. The molecule has 0 aliphatic rings. The third-order valence-corrected chi connectivity index (χ3v) is 4.08. The number of nitrogens with one attached hydrogen (secondary N) is 2. The van der Waals surface area contributed by atoms with Crippen molar-refractivity contribution in [1.82, 2.24) is 24.9 Å². The van der Waals surface area contributed by atoms with Crippen LogP contribution >= 0.6 is 0 Å². The number of nitrogens with zero attached hydrogens (tertiary/aromatic N) is 3. The van der Waals surface area contributed by atoms with E-state index in [1.807, 2.05) is 42.5 Å². The van der Waals surface area contributed by atoms with E-state index in [0.29, 0.717) is 0 Å². The summed E-state index contributed by atoms with van der Waals surface area (Å²) in [6, 6.07) is 18.1. The highest BCUT2D eigenvalue weighted by atomic mass is 14.9. The van der Waals surface area contributed by atoms with E-state index in [-0.39, 0.29) is 0 Å². The Morgan fingerprint density at radius 1 is 0.625 bits per heavy atom. The van der Waals surface area contributed by atoms with Crippen molar-refractivity contribution in [3.05, 3.63) is 67.0 Å². The second kappa shape index (κ2) is 5.03. The fourth-order valence-electron chi connectivity index (χ4n) is 2.93. The molecule has 114 valence electrons. The molecular formula is C19H13N5. The van der Waals surface area contributed by atoms with Gasteiger partial charge < -0.3 is 9.97 Å². The Balaban J connectivity index is 1.62. The predicted molar refractivity (Wildman–Crippen MR) is 94.4 cm³/mol. The van der Waals surface area contributed by atoms with Crippen molar-refractivity contribution in [3.8, 4) is 22.8 Å². The van der Waals surface area contributed by atoms with Gasteiger partial charge in [-0.05, 0) is 48.5 Å². The highest BCUT2D eigenvalue weighted by Gasteiger charge is 2.09. The van der Waals surface area contributed by atoms with Gasteiger partial charge in [-0.3, -0.25) is 0 Å². The van der Waals surface area contributed by atoms with Crippen molar-refractivity contribution in [1.29, 1.82) is 0 Å². The first-order valence-corrected chi connectivity index (χ1v) is 7.72. The third-order valence-electron chi connectivity index (χ3n) is 4.08. The minimum Gasteiger partial charge on any atom is -0.338 e. The van der Waals surface area contributed by atoms with E-state index >= 15 is 0 Å². The van der Waals surface area contributed by atoms with Crippen LogP contribution in [0.2, 0.25) is 0 Å². The number of aromatic amines is 2. The molecule has 0 aromatic carbocycles. The Kier molecular flexibility index (Phi) is 2.72. The molecule has 5 heterocycles. The summed E-state index contributed by atoms with van der Waals surface area (Å²) in [5.74, 6) is 0. The van der Waals surface area contributed by atoms with E-state index in [9.17, 15) is 0 Å². The lowest BCUT2D eigenvalue weighted by molar-refractivity contribution is 1.25. The number of hydrogen-bond acceptors (Lipinski definition) is 3. The van der Waals surface area contributed by atoms with Crippen LogP contribution in [0.4, 0.5) is 0 Å². The minimum absolute atomic E-state index is 0.870. The minimum atomic E-state index is 0.870. The molecule has 0 unspecified atom stereocenters. The van der Waals surface area contributed by atoms with E-state index in [1.54, 1.807) is 12.4 Å². The molecule has 0 aliphatic heterocycles. The molecule has 5 rings (SSSR count). The van der Waals surface area contributed by atoms with Crippen LogP contribution in [-0.2, 0) is 0 Å². The molecule has 0 radical (unpaired) electrons. The molecule has 24 heavy (non-hydrogen) atoms. The number of hydrogen-bond donors (Lipinski definition) is 2. The Morgan fingerprint density at radius 3 is 1.67 bits per heavy atom. The lowest BCUT2D eigenvalue weighted by Gasteiger charge is -2.01. The summed E-state index contributed by atoms with van der Waals surface area (Å²) in [7, 11) is 0. The van der Waals surface area contributed by atoms with Gasteiger partial charge in [0.1, 0.15) is 11.3 Å². The van der Waals surface area contributed by atoms with Gasteiger partial charge in [-0.1, -0.05) is 6.07 Å². The van der Waals surface area contributed by atoms with E-state index < -0.39 is 0 Å². The fourth-order valence-corrected chi connectivity index (χ4v) is 2.93. The second-order valence-corrected chi connectivity index (χ2v) is 5.66. The Bertz CT molecular complexity index is 1010.